The van der Waals surface area contributed by atoms with E-state index in [0.29, 0.717) is 18.2 Å². The van der Waals surface area contributed by atoms with Gasteiger partial charge < -0.3 is 10.0 Å². The number of nitrogens with zero attached hydrogens (tertiary/aromatic N) is 3. The number of hydrogen-bond donors (Lipinski definition) is 3. The van der Waals surface area contributed by atoms with Crippen molar-refractivity contribution in [2.45, 2.75) is 46.1 Å². The third-order valence-electron chi connectivity index (χ3n) is 6.71. The van der Waals surface area contributed by atoms with Gasteiger partial charge in [0.1, 0.15) is 5.75 Å². The molecule has 31 heavy (non-hydrogen) atoms. The van der Waals surface area contributed by atoms with E-state index in [1.807, 2.05) is 37.8 Å². The number of hydrogen-bond acceptors (Lipinski definition) is 6. The molecule has 8 nitrogen and oxygen atoms in total. The van der Waals surface area contributed by atoms with Gasteiger partial charge in [0, 0.05) is 51.2 Å². The predicted octanol–water partition coefficient (Wildman–Crippen LogP) is 1.30. The lowest BCUT2D eigenvalue weighted by molar-refractivity contribution is -0.137. The Kier molecular flexibility index (Phi) is 7.91. The highest BCUT2D eigenvalue weighted by atomic mass is 16.5. The Balaban J connectivity index is 1.45. The monoisotopic (exact) mass is 432 g/mol. The summed E-state index contributed by atoms with van der Waals surface area (Å²) in [5.41, 5.74) is 4.49. The Morgan fingerprint density at radius 2 is 1.65 bits per heavy atom. The second kappa shape index (κ2) is 10.4. The molecule has 0 radical (unpaired) electrons. The minimum absolute atomic E-state index is 0.0872. The molecule has 0 bridgehead atoms. The van der Waals surface area contributed by atoms with Crippen LogP contribution in [-0.4, -0.2) is 88.7 Å². The summed E-state index contributed by atoms with van der Waals surface area (Å²) in [6, 6.07) is 4.44. The van der Waals surface area contributed by atoms with E-state index in [2.05, 4.69) is 9.80 Å². The molecular weight excluding hydrogens is 396 g/mol. The van der Waals surface area contributed by atoms with Crippen molar-refractivity contribution in [1.29, 1.82) is 0 Å². The smallest absolute Gasteiger partial charge is 0.257 e. The van der Waals surface area contributed by atoms with E-state index < -0.39 is 0 Å². The molecule has 8 heteroatoms. The number of benzene rings is 1. The lowest BCUT2D eigenvalue weighted by Gasteiger charge is -2.43. The van der Waals surface area contributed by atoms with Gasteiger partial charge >= 0.3 is 0 Å². The highest BCUT2D eigenvalue weighted by Gasteiger charge is 2.30. The maximum atomic E-state index is 13.0. The molecule has 2 fully saturated rings. The third-order valence-corrected chi connectivity index (χ3v) is 6.71. The Morgan fingerprint density at radius 1 is 1.06 bits per heavy atom. The van der Waals surface area contributed by atoms with Crippen molar-refractivity contribution in [2.75, 3.05) is 45.8 Å². The minimum Gasteiger partial charge on any atom is -0.507 e. The zero-order chi connectivity index (χ0) is 22.5. The number of phenolic OH excluding ortho intramolecular Hbond substituents is 1. The average Bonchev–Trinajstić information content (AvgIpc) is 2.77. The second-order valence-corrected chi connectivity index (χ2v) is 9.09. The topological polar surface area (TPSA) is 96.4 Å². The number of hydroxylamine groups is 1. The summed E-state index contributed by atoms with van der Waals surface area (Å²) in [5, 5.41) is 18.6. The molecule has 1 aromatic rings. The van der Waals surface area contributed by atoms with Crippen LogP contribution in [0.3, 0.4) is 0 Å². The molecule has 0 saturated carbocycles. The van der Waals surface area contributed by atoms with Crippen LogP contribution in [0.5, 0.6) is 5.75 Å². The molecule has 2 aliphatic heterocycles. The van der Waals surface area contributed by atoms with Gasteiger partial charge in [-0.2, -0.15) is 0 Å². The average molecular weight is 433 g/mol. The number of carbonyl (C=O) groups is 2. The first-order valence-electron chi connectivity index (χ1n) is 11.3. The number of aryl methyl sites for hydroxylation is 2. The summed E-state index contributed by atoms with van der Waals surface area (Å²) < 4.78 is 0. The van der Waals surface area contributed by atoms with Crippen LogP contribution in [-0.2, 0) is 16.0 Å². The number of likely N-dealkylation sites (tertiary alicyclic amines) is 1. The van der Waals surface area contributed by atoms with Gasteiger partial charge in [-0.25, -0.2) is 5.48 Å². The SMILES string of the molecule is Cc1cc(C[C@@H](C)C(=O)N2CCN(C3CCN(CC(=O)NO)CC3)CC2)cc(C)c1O. The number of rotatable bonds is 6. The van der Waals surface area contributed by atoms with Crippen LogP contribution in [0, 0.1) is 19.8 Å². The van der Waals surface area contributed by atoms with Gasteiger partial charge in [0.2, 0.25) is 5.91 Å². The zero-order valence-corrected chi connectivity index (χ0v) is 18.9. The normalized spacial score (nSPS) is 19.9. The molecule has 0 unspecified atom stereocenters. The van der Waals surface area contributed by atoms with E-state index in [0.717, 1.165) is 68.8 Å². The number of amides is 2. The van der Waals surface area contributed by atoms with E-state index >= 15 is 0 Å². The summed E-state index contributed by atoms with van der Waals surface area (Å²) in [7, 11) is 0. The first-order valence-corrected chi connectivity index (χ1v) is 11.3. The highest BCUT2D eigenvalue weighted by Crippen LogP contribution is 2.25. The van der Waals surface area contributed by atoms with Crippen LogP contribution < -0.4 is 5.48 Å². The lowest BCUT2D eigenvalue weighted by atomic mass is 9.96. The van der Waals surface area contributed by atoms with Crippen molar-refractivity contribution in [3.8, 4) is 5.75 Å². The molecule has 0 spiro atoms. The van der Waals surface area contributed by atoms with E-state index in [4.69, 9.17) is 5.21 Å². The first-order chi connectivity index (χ1) is 14.8. The maximum Gasteiger partial charge on any atom is 0.257 e. The molecule has 1 aromatic carbocycles. The van der Waals surface area contributed by atoms with Crippen LogP contribution in [0.4, 0.5) is 0 Å². The largest absolute Gasteiger partial charge is 0.507 e. The summed E-state index contributed by atoms with van der Waals surface area (Å²) in [4.78, 5) is 30.8. The molecule has 2 amide bonds. The molecule has 0 aliphatic carbocycles. The Morgan fingerprint density at radius 3 is 2.19 bits per heavy atom. The molecule has 172 valence electrons. The summed E-state index contributed by atoms with van der Waals surface area (Å²) in [6.07, 6.45) is 2.69. The van der Waals surface area contributed by atoms with Crippen molar-refractivity contribution in [3.63, 3.8) is 0 Å². The van der Waals surface area contributed by atoms with Crippen molar-refractivity contribution in [3.05, 3.63) is 28.8 Å². The standard InChI is InChI=1S/C23H36N4O4/c1-16-12-19(13-17(2)22(16)29)14-18(3)23(30)27-10-8-26(9-11-27)20-4-6-25(7-5-20)15-21(28)24-31/h12-13,18,20,29,31H,4-11,14-15H2,1-3H3,(H,24,28)/t18-/m1/s1. The summed E-state index contributed by atoms with van der Waals surface area (Å²) in [5.74, 6) is 0.0855. The van der Waals surface area contributed by atoms with E-state index in [-0.39, 0.29) is 24.3 Å². The highest BCUT2D eigenvalue weighted by molar-refractivity contribution is 5.79. The lowest BCUT2D eigenvalue weighted by Crippen LogP contribution is -2.55. The summed E-state index contributed by atoms with van der Waals surface area (Å²) >= 11 is 0. The number of piperidine rings is 1. The van der Waals surface area contributed by atoms with Crippen molar-refractivity contribution in [1.82, 2.24) is 20.2 Å². The quantitative estimate of drug-likeness (QED) is 0.463. The van der Waals surface area contributed by atoms with Gasteiger partial charge in [-0.05, 0) is 49.8 Å². The molecular formula is C23H36N4O4. The number of phenols is 1. The summed E-state index contributed by atoms with van der Waals surface area (Å²) in [6.45, 7) is 11.0. The van der Waals surface area contributed by atoms with Crippen LogP contribution in [0.2, 0.25) is 0 Å². The zero-order valence-electron chi connectivity index (χ0n) is 18.9. The third kappa shape index (κ3) is 5.96. The van der Waals surface area contributed by atoms with Crippen LogP contribution >= 0.6 is 0 Å². The van der Waals surface area contributed by atoms with Gasteiger partial charge in [-0.1, -0.05) is 19.1 Å². The Bertz CT molecular complexity index is 761. The van der Waals surface area contributed by atoms with Crippen molar-refractivity contribution >= 4 is 11.8 Å². The molecule has 3 rings (SSSR count). The van der Waals surface area contributed by atoms with Gasteiger partial charge in [-0.3, -0.25) is 24.6 Å². The maximum absolute atomic E-state index is 13.0. The van der Waals surface area contributed by atoms with Gasteiger partial charge in [0.15, 0.2) is 0 Å². The Labute approximate surface area is 184 Å². The van der Waals surface area contributed by atoms with E-state index in [1.54, 1.807) is 5.48 Å². The molecule has 2 heterocycles. The number of piperazine rings is 1. The molecule has 3 N–H and O–H groups in total. The number of aromatic hydroxyl groups is 1. The minimum atomic E-state index is -0.364. The first kappa shape index (κ1) is 23.5. The van der Waals surface area contributed by atoms with E-state index in [1.165, 1.54) is 0 Å². The second-order valence-electron chi connectivity index (χ2n) is 9.09. The van der Waals surface area contributed by atoms with E-state index in [9.17, 15) is 14.7 Å². The fraction of sp³-hybridized carbons (Fsp3) is 0.652. The molecule has 2 saturated heterocycles. The van der Waals surface area contributed by atoms with Crippen molar-refractivity contribution < 1.29 is 19.9 Å². The fourth-order valence-corrected chi connectivity index (χ4v) is 4.90. The number of carbonyl (C=O) groups excluding carboxylic acids is 2. The van der Waals surface area contributed by atoms with Crippen LogP contribution in [0.15, 0.2) is 12.1 Å². The number of nitrogens with one attached hydrogen (secondary N) is 1. The van der Waals surface area contributed by atoms with Crippen LogP contribution in [0.1, 0.15) is 36.5 Å². The molecule has 2 aliphatic rings. The fourth-order valence-electron chi connectivity index (χ4n) is 4.90. The van der Waals surface area contributed by atoms with Gasteiger partial charge in [0.25, 0.3) is 5.91 Å². The van der Waals surface area contributed by atoms with Gasteiger partial charge in [0.05, 0.1) is 6.54 Å². The predicted molar refractivity (Wildman–Crippen MR) is 118 cm³/mol. The Hall–Kier alpha value is -2.16. The molecule has 0 aromatic heterocycles. The van der Waals surface area contributed by atoms with Gasteiger partial charge in [-0.15, -0.1) is 0 Å². The van der Waals surface area contributed by atoms with Crippen LogP contribution in [0.25, 0.3) is 0 Å². The molecule has 1 atom stereocenters. The van der Waals surface area contributed by atoms with Crippen molar-refractivity contribution in [2.24, 2.45) is 5.92 Å².